The average Bonchev–Trinajstić information content (AvgIpc) is 2.39. The van der Waals surface area contributed by atoms with Gasteiger partial charge >= 0.3 is 6.18 Å². The summed E-state index contributed by atoms with van der Waals surface area (Å²) in [6.45, 7) is 0.171. The van der Waals surface area contributed by atoms with E-state index >= 15 is 0 Å². The van der Waals surface area contributed by atoms with Crippen LogP contribution in [0.25, 0.3) is 0 Å². The minimum absolute atomic E-state index is 0.171. The Morgan fingerprint density at radius 1 is 1.44 bits per heavy atom. The molecule has 0 unspecified atom stereocenters. The van der Waals surface area contributed by atoms with Gasteiger partial charge in [0, 0.05) is 0 Å². The molecule has 1 aliphatic carbocycles. The summed E-state index contributed by atoms with van der Waals surface area (Å²) in [4.78, 5) is 0. The Labute approximate surface area is 51.0 Å². The first kappa shape index (κ1) is 6.86. The maximum atomic E-state index is 11.6. The number of alkyl halides is 3. The Morgan fingerprint density at radius 3 is 2.11 bits per heavy atom. The van der Waals surface area contributed by atoms with Crippen LogP contribution in [0.4, 0.5) is 13.2 Å². The molecular formula is C5H8F3N. The second-order valence-corrected chi connectivity index (χ2v) is 2.38. The van der Waals surface area contributed by atoms with Crippen molar-refractivity contribution in [3.8, 4) is 0 Å². The number of hydrogen-bond donors (Lipinski definition) is 1. The quantitative estimate of drug-likeness (QED) is 0.579. The summed E-state index contributed by atoms with van der Waals surface area (Å²) in [6.07, 6.45) is -3.76. The number of hydrogen-bond acceptors (Lipinski definition) is 1. The van der Waals surface area contributed by atoms with Crippen LogP contribution in [0, 0.1) is 11.8 Å². The molecule has 4 heteroatoms. The highest BCUT2D eigenvalue weighted by Crippen LogP contribution is 2.49. The minimum atomic E-state index is -4.00. The molecule has 1 saturated carbocycles. The fraction of sp³-hybridized carbons (Fsp3) is 1.00. The molecule has 0 aromatic carbocycles. The van der Waals surface area contributed by atoms with Gasteiger partial charge in [-0.1, -0.05) is 0 Å². The van der Waals surface area contributed by atoms with Gasteiger partial charge in [0.25, 0.3) is 0 Å². The molecule has 0 radical (unpaired) electrons. The molecule has 0 saturated heterocycles. The summed E-state index contributed by atoms with van der Waals surface area (Å²) < 4.78 is 34.9. The summed E-state index contributed by atoms with van der Waals surface area (Å²) in [7, 11) is 0. The standard InChI is InChI=1S/C5H8F3N/c6-5(7,8)4-1-3(4)2-9/h3-4H,1-2,9H2/t3-,4-/m0/s1. The van der Waals surface area contributed by atoms with Crippen molar-refractivity contribution in [1.82, 2.24) is 0 Å². The van der Waals surface area contributed by atoms with Crippen LogP contribution in [-0.4, -0.2) is 12.7 Å². The molecule has 9 heavy (non-hydrogen) atoms. The average molecular weight is 139 g/mol. The van der Waals surface area contributed by atoms with E-state index in [2.05, 4.69) is 0 Å². The summed E-state index contributed by atoms with van der Waals surface area (Å²) in [6, 6.07) is 0. The molecule has 0 aliphatic heterocycles. The lowest BCUT2D eigenvalue weighted by Gasteiger charge is -2.02. The first-order valence-electron chi connectivity index (χ1n) is 2.82. The summed E-state index contributed by atoms with van der Waals surface area (Å²) >= 11 is 0. The minimum Gasteiger partial charge on any atom is -0.330 e. The number of rotatable bonds is 1. The van der Waals surface area contributed by atoms with Crippen molar-refractivity contribution in [2.24, 2.45) is 17.6 Å². The smallest absolute Gasteiger partial charge is 0.330 e. The molecule has 1 rings (SSSR count). The zero-order valence-corrected chi connectivity index (χ0v) is 4.78. The molecule has 1 fully saturated rings. The van der Waals surface area contributed by atoms with Crippen molar-refractivity contribution in [1.29, 1.82) is 0 Å². The summed E-state index contributed by atoms with van der Waals surface area (Å²) in [5.74, 6) is -1.38. The highest BCUT2D eigenvalue weighted by molar-refractivity contribution is 4.91. The van der Waals surface area contributed by atoms with E-state index in [0.29, 0.717) is 0 Å². The maximum Gasteiger partial charge on any atom is 0.392 e. The van der Waals surface area contributed by atoms with Gasteiger partial charge in [-0.3, -0.25) is 0 Å². The van der Waals surface area contributed by atoms with Crippen LogP contribution in [0.3, 0.4) is 0 Å². The fourth-order valence-corrected chi connectivity index (χ4v) is 0.909. The van der Waals surface area contributed by atoms with E-state index in [-0.39, 0.29) is 18.9 Å². The lowest BCUT2D eigenvalue weighted by molar-refractivity contribution is -0.150. The highest BCUT2D eigenvalue weighted by atomic mass is 19.4. The van der Waals surface area contributed by atoms with Gasteiger partial charge < -0.3 is 5.73 Å². The third kappa shape index (κ3) is 1.36. The van der Waals surface area contributed by atoms with Crippen LogP contribution in [0.5, 0.6) is 0 Å². The van der Waals surface area contributed by atoms with E-state index in [1.807, 2.05) is 0 Å². The van der Waals surface area contributed by atoms with Crippen LogP contribution in [0.2, 0.25) is 0 Å². The molecule has 1 nitrogen and oxygen atoms in total. The molecule has 0 spiro atoms. The SMILES string of the molecule is NC[C@@H]1C[C@@H]1C(F)(F)F. The molecule has 1 aliphatic rings. The predicted molar refractivity (Wildman–Crippen MR) is 26.7 cm³/mol. The van der Waals surface area contributed by atoms with Crippen molar-refractivity contribution in [2.75, 3.05) is 6.54 Å². The Hall–Kier alpha value is -0.250. The van der Waals surface area contributed by atoms with E-state index < -0.39 is 12.1 Å². The van der Waals surface area contributed by atoms with E-state index in [9.17, 15) is 13.2 Å². The van der Waals surface area contributed by atoms with Gasteiger partial charge in [-0.2, -0.15) is 13.2 Å². The van der Waals surface area contributed by atoms with Gasteiger partial charge in [-0.15, -0.1) is 0 Å². The van der Waals surface area contributed by atoms with Crippen molar-refractivity contribution in [2.45, 2.75) is 12.6 Å². The Bertz CT molecular complexity index is 109. The van der Waals surface area contributed by atoms with E-state index in [0.717, 1.165) is 0 Å². The zero-order valence-electron chi connectivity index (χ0n) is 4.78. The van der Waals surface area contributed by atoms with E-state index in [1.54, 1.807) is 0 Å². The highest BCUT2D eigenvalue weighted by Gasteiger charge is 2.54. The molecule has 0 bridgehead atoms. The van der Waals surface area contributed by atoms with Crippen LogP contribution in [-0.2, 0) is 0 Å². The van der Waals surface area contributed by atoms with E-state index in [1.165, 1.54) is 0 Å². The fourth-order valence-electron chi connectivity index (χ4n) is 0.909. The lowest BCUT2D eigenvalue weighted by Crippen LogP contribution is -2.15. The monoisotopic (exact) mass is 139 g/mol. The van der Waals surface area contributed by atoms with Crippen molar-refractivity contribution in [3.63, 3.8) is 0 Å². The molecule has 2 N–H and O–H groups in total. The predicted octanol–water partition coefficient (Wildman–Crippen LogP) is 1.14. The van der Waals surface area contributed by atoms with Gasteiger partial charge in [-0.25, -0.2) is 0 Å². The lowest BCUT2D eigenvalue weighted by atomic mass is 10.3. The first-order valence-corrected chi connectivity index (χ1v) is 2.82. The first-order chi connectivity index (χ1) is 4.05. The van der Waals surface area contributed by atoms with Crippen molar-refractivity contribution in [3.05, 3.63) is 0 Å². The summed E-state index contributed by atoms with van der Waals surface area (Å²) in [5.41, 5.74) is 5.02. The van der Waals surface area contributed by atoms with Gasteiger partial charge in [0.15, 0.2) is 0 Å². The molecular weight excluding hydrogens is 131 g/mol. The van der Waals surface area contributed by atoms with Crippen LogP contribution in [0.1, 0.15) is 6.42 Å². The van der Waals surface area contributed by atoms with Crippen molar-refractivity contribution >= 4 is 0 Å². The number of nitrogens with two attached hydrogens (primary N) is 1. The van der Waals surface area contributed by atoms with Crippen LogP contribution < -0.4 is 5.73 Å². The van der Waals surface area contributed by atoms with E-state index in [4.69, 9.17) is 5.73 Å². The largest absolute Gasteiger partial charge is 0.392 e. The van der Waals surface area contributed by atoms with Gasteiger partial charge in [0.2, 0.25) is 0 Å². The molecule has 2 atom stereocenters. The normalized spacial score (nSPS) is 34.7. The maximum absolute atomic E-state index is 11.6. The molecule has 0 aromatic rings. The molecule has 0 amide bonds. The van der Waals surface area contributed by atoms with Gasteiger partial charge in [-0.05, 0) is 18.9 Å². The third-order valence-corrected chi connectivity index (χ3v) is 1.65. The molecule has 54 valence electrons. The van der Waals surface area contributed by atoms with Gasteiger partial charge in [0.1, 0.15) is 0 Å². The Kier molecular flexibility index (Phi) is 1.42. The molecule has 0 aromatic heterocycles. The second kappa shape index (κ2) is 1.87. The third-order valence-electron chi connectivity index (χ3n) is 1.65. The van der Waals surface area contributed by atoms with Crippen LogP contribution >= 0.6 is 0 Å². The second-order valence-electron chi connectivity index (χ2n) is 2.38. The Balaban J connectivity index is 2.33. The zero-order chi connectivity index (χ0) is 7.07. The summed E-state index contributed by atoms with van der Waals surface area (Å²) in [5, 5.41) is 0. The van der Waals surface area contributed by atoms with Gasteiger partial charge in [0.05, 0.1) is 5.92 Å². The molecule has 0 heterocycles. The Morgan fingerprint density at radius 2 is 2.00 bits per heavy atom. The topological polar surface area (TPSA) is 26.0 Å². The number of halogens is 3. The van der Waals surface area contributed by atoms with Crippen molar-refractivity contribution < 1.29 is 13.2 Å². The van der Waals surface area contributed by atoms with Crippen LogP contribution in [0.15, 0.2) is 0 Å².